The first kappa shape index (κ1) is 20.9. The Hall–Kier alpha value is -4.39. The Kier molecular flexibility index (Phi) is 5.98. The summed E-state index contributed by atoms with van der Waals surface area (Å²) in [5.74, 6) is -0.170. The molecular weight excluding hydrogens is 404 g/mol. The first-order valence-corrected chi connectivity index (χ1v) is 10.0. The van der Waals surface area contributed by atoms with Gasteiger partial charge in [0.1, 0.15) is 5.84 Å². The van der Waals surface area contributed by atoms with Crippen LogP contribution in [0.5, 0.6) is 0 Å². The number of carbonyl (C=O) groups excluding carboxylic acids is 1. The van der Waals surface area contributed by atoms with E-state index >= 15 is 0 Å². The Balaban J connectivity index is 1.63. The second-order valence-electron chi connectivity index (χ2n) is 7.25. The molecule has 0 bridgehead atoms. The highest BCUT2D eigenvalue weighted by atomic mass is 16.6. The third kappa shape index (κ3) is 4.67. The van der Waals surface area contributed by atoms with Gasteiger partial charge in [-0.05, 0) is 48.4 Å². The number of hydrogen-bond acceptors (Lipinski definition) is 5. The number of aliphatic imine (C=N–C) groups is 2. The number of rotatable bonds is 4. The summed E-state index contributed by atoms with van der Waals surface area (Å²) in [5.41, 5.74) is 3.89. The molecule has 0 aromatic heterocycles. The maximum Gasteiger partial charge on any atom is 0.269 e. The Morgan fingerprint density at radius 3 is 2.22 bits per heavy atom. The van der Waals surface area contributed by atoms with Crippen molar-refractivity contribution in [2.75, 3.05) is 0 Å². The molecular formula is C25H20N4O3. The van der Waals surface area contributed by atoms with E-state index in [1.165, 1.54) is 18.2 Å². The number of carbonyl (C=O) groups is 1. The van der Waals surface area contributed by atoms with Crippen LogP contribution in [0.3, 0.4) is 0 Å². The van der Waals surface area contributed by atoms with Crippen LogP contribution in [0.1, 0.15) is 24.0 Å². The zero-order valence-corrected chi connectivity index (χ0v) is 17.3. The molecule has 1 atom stereocenters. The molecule has 7 heteroatoms. The van der Waals surface area contributed by atoms with Gasteiger partial charge in [-0.1, -0.05) is 42.5 Å². The zero-order valence-electron chi connectivity index (χ0n) is 17.3. The Morgan fingerprint density at radius 2 is 1.56 bits per heavy atom. The molecule has 0 saturated heterocycles. The summed E-state index contributed by atoms with van der Waals surface area (Å²) < 4.78 is 0. The molecule has 0 spiro atoms. The van der Waals surface area contributed by atoms with E-state index in [0.717, 1.165) is 17.0 Å². The second-order valence-corrected chi connectivity index (χ2v) is 7.25. The van der Waals surface area contributed by atoms with Crippen LogP contribution in [0, 0.1) is 10.1 Å². The highest BCUT2D eigenvalue weighted by Gasteiger charge is 2.25. The first-order valence-electron chi connectivity index (χ1n) is 10.0. The molecule has 1 aliphatic heterocycles. The number of nitro benzene ring substituents is 1. The molecule has 0 radical (unpaired) electrons. The fourth-order valence-corrected chi connectivity index (χ4v) is 3.49. The number of para-hydroxylation sites is 2. The molecule has 1 aliphatic rings. The monoisotopic (exact) mass is 424 g/mol. The van der Waals surface area contributed by atoms with Crippen LogP contribution >= 0.6 is 0 Å². The van der Waals surface area contributed by atoms with Crippen molar-refractivity contribution >= 4 is 40.6 Å². The number of amidine groups is 1. The van der Waals surface area contributed by atoms with Gasteiger partial charge < -0.3 is 5.32 Å². The van der Waals surface area contributed by atoms with Crippen molar-refractivity contribution in [3.05, 3.63) is 106 Å². The van der Waals surface area contributed by atoms with E-state index in [2.05, 4.69) is 5.32 Å². The summed E-state index contributed by atoms with van der Waals surface area (Å²) in [4.78, 5) is 32.6. The van der Waals surface area contributed by atoms with Gasteiger partial charge in [0.15, 0.2) is 0 Å². The average Bonchev–Trinajstić information content (AvgIpc) is 2.93. The van der Waals surface area contributed by atoms with Crippen molar-refractivity contribution in [3.63, 3.8) is 0 Å². The standard InChI is InChI=1S/C25H20N4O3/c1-17-24(19-7-3-2-4-8-19)25(27-22-10-6-5-9-21(22)26-17)28-23(30)16-13-18-11-14-20(15-12-18)29(31)32/h2-16,24H,1H3,(H,27,28,30)/b16-13+. The molecule has 0 aliphatic carbocycles. The number of fused-ring (bicyclic) bond motifs is 1. The molecule has 0 saturated carbocycles. The van der Waals surface area contributed by atoms with E-state index in [9.17, 15) is 14.9 Å². The van der Waals surface area contributed by atoms with Crippen molar-refractivity contribution in [1.82, 2.24) is 5.32 Å². The molecule has 1 heterocycles. The molecule has 1 N–H and O–H groups in total. The summed E-state index contributed by atoms with van der Waals surface area (Å²) in [6.45, 7) is 1.92. The predicted molar refractivity (Wildman–Crippen MR) is 126 cm³/mol. The molecule has 1 unspecified atom stereocenters. The Labute approximate surface area is 185 Å². The van der Waals surface area contributed by atoms with Gasteiger partial charge in [0.05, 0.1) is 22.2 Å². The Bertz CT molecular complexity index is 1250. The van der Waals surface area contributed by atoms with Crippen LogP contribution in [0.4, 0.5) is 17.1 Å². The molecule has 7 nitrogen and oxygen atoms in total. The quantitative estimate of drug-likeness (QED) is 0.347. The van der Waals surface area contributed by atoms with Crippen molar-refractivity contribution in [3.8, 4) is 0 Å². The van der Waals surface area contributed by atoms with E-state index in [-0.39, 0.29) is 17.5 Å². The van der Waals surface area contributed by atoms with Crippen molar-refractivity contribution < 1.29 is 9.72 Å². The zero-order chi connectivity index (χ0) is 22.5. The van der Waals surface area contributed by atoms with Gasteiger partial charge >= 0.3 is 0 Å². The van der Waals surface area contributed by atoms with Gasteiger partial charge in [0.2, 0.25) is 5.91 Å². The molecule has 3 aromatic rings. The van der Waals surface area contributed by atoms with E-state index in [1.54, 1.807) is 18.2 Å². The van der Waals surface area contributed by atoms with Crippen LogP contribution in [0.15, 0.2) is 94.9 Å². The van der Waals surface area contributed by atoms with Crippen molar-refractivity contribution in [2.45, 2.75) is 12.8 Å². The lowest BCUT2D eigenvalue weighted by Gasteiger charge is -2.18. The normalized spacial score (nSPS) is 15.3. The Morgan fingerprint density at radius 1 is 0.938 bits per heavy atom. The summed E-state index contributed by atoms with van der Waals surface area (Å²) >= 11 is 0. The highest BCUT2D eigenvalue weighted by Crippen LogP contribution is 2.34. The number of hydrogen-bond donors (Lipinski definition) is 1. The van der Waals surface area contributed by atoms with Gasteiger partial charge in [-0.2, -0.15) is 0 Å². The summed E-state index contributed by atoms with van der Waals surface area (Å²) in [5, 5.41) is 13.7. The lowest BCUT2D eigenvalue weighted by molar-refractivity contribution is -0.384. The third-order valence-corrected chi connectivity index (χ3v) is 5.03. The van der Waals surface area contributed by atoms with Crippen LogP contribution in [-0.2, 0) is 4.79 Å². The van der Waals surface area contributed by atoms with Crippen LogP contribution in [0.25, 0.3) is 6.08 Å². The molecule has 32 heavy (non-hydrogen) atoms. The summed E-state index contributed by atoms with van der Waals surface area (Å²) in [6, 6.07) is 23.3. The van der Waals surface area contributed by atoms with Gasteiger partial charge in [-0.25, -0.2) is 4.99 Å². The molecule has 3 aromatic carbocycles. The van der Waals surface area contributed by atoms with Crippen LogP contribution in [0.2, 0.25) is 0 Å². The largest absolute Gasteiger partial charge is 0.310 e. The maximum absolute atomic E-state index is 12.7. The number of amides is 1. The van der Waals surface area contributed by atoms with Gasteiger partial charge in [-0.3, -0.25) is 19.9 Å². The van der Waals surface area contributed by atoms with Gasteiger partial charge in [0.25, 0.3) is 5.69 Å². The van der Waals surface area contributed by atoms with Gasteiger partial charge in [0, 0.05) is 23.9 Å². The van der Waals surface area contributed by atoms with E-state index in [1.807, 2.05) is 61.5 Å². The third-order valence-electron chi connectivity index (χ3n) is 5.03. The summed E-state index contributed by atoms with van der Waals surface area (Å²) in [7, 11) is 0. The van der Waals surface area contributed by atoms with Crippen LogP contribution < -0.4 is 5.32 Å². The van der Waals surface area contributed by atoms with Crippen molar-refractivity contribution in [2.24, 2.45) is 9.98 Å². The summed E-state index contributed by atoms with van der Waals surface area (Å²) in [6.07, 6.45) is 2.98. The average molecular weight is 424 g/mol. The molecule has 4 rings (SSSR count). The molecule has 0 fully saturated rings. The predicted octanol–water partition coefficient (Wildman–Crippen LogP) is 5.34. The number of nitro groups is 1. The van der Waals surface area contributed by atoms with Crippen molar-refractivity contribution in [1.29, 1.82) is 0 Å². The smallest absolute Gasteiger partial charge is 0.269 e. The van der Waals surface area contributed by atoms with E-state index in [0.29, 0.717) is 17.1 Å². The molecule has 1 amide bonds. The number of nitrogens with one attached hydrogen (secondary N) is 1. The second kappa shape index (κ2) is 9.18. The van der Waals surface area contributed by atoms with E-state index < -0.39 is 4.92 Å². The number of nitrogens with zero attached hydrogens (tertiary/aromatic N) is 3. The van der Waals surface area contributed by atoms with E-state index in [4.69, 9.17) is 9.98 Å². The fourth-order valence-electron chi connectivity index (χ4n) is 3.49. The lowest BCUT2D eigenvalue weighted by atomic mass is 9.93. The number of benzene rings is 3. The minimum Gasteiger partial charge on any atom is -0.310 e. The molecule has 158 valence electrons. The minimum absolute atomic E-state index is 0.00135. The highest BCUT2D eigenvalue weighted by molar-refractivity contribution is 6.18. The van der Waals surface area contributed by atoms with Crippen LogP contribution in [-0.4, -0.2) is 22.4 Å². The topological polar surface area (TPSA) is 97.0 Å². The SMILES string of the molecule is CC1=Nc2ccccc2N=C(NC(=O)/C=C/c2ccc([N+](=O)[O-])cc2)C1c1ccccc1. The minimum atomic E-state index is -0.462. The lowest BCUT2D eigenvalue weighted by Crippen LogP contribution is -2.36. The first-order chi connectivity index (χ1) is 15.5. The maximum atomic E-state index is 12.7. The van der Waals surface area contributed by atoms with Gasteiger partial charge in [-0.15, -0.1) is 0 Å². The fraction of sp³-hybridized carbons (Fsp3) is 0.0800. The number of non-ortho nitro benzene ring substituents is 1.